The molecule has 6 nitrogen and oxygen atoms in total. The van der Waals surface area contributed by atoms with Gasteiger partial charge in [-0.1, -0.05) is 12.1 Å². The smallest absolute Gasteiger partial charge is 0.416 e. The van der Waals surface area contributed by atoms with E-state index in [1.165, 1.54) is 12.1 Å². The molecule has 1 aliphatic rings. The summed E-state index contributed by atoms with van der Waals surface area (Å²) in [5, 5.41) is 11.9. The van der Waals surface area contributed by atoms with E-state index in [4.69, 9.17) is 0 Å². The second-order valence-corrected chi connectivity index (χ2v) is 8.05. The highest BCUT2D eigenvalue weighted by molar-refractivity contribution is 5.92. The number of carboxylic acid groups (broad SMARTS) is 1. The number of hydrogen-bond acceptors (Lipinski definition) is 2. The molecule has 1 saturated heterocycles. The Morgan fingerprint density at radius 2 is 1.54 bits per heavy atom. The predicted octanol–water partition coefficient (Wildman–Crippen LogP) is 5.55. The van der Waals surface area contributed by atoms with Crippen LogP contribution >= 0.6 is 0 Å². The lowest BCUT2D eigenvalue weighted by Gasteiger charge is -2.38. The fourth-order valence-corrected chi connectivity index (χ4v) is 3.85. The molecule has 0 aliphatic carbocycles. The molecule has 35 heavy (non-hydrogen) atoms. The van der Waals surface area contributed by atoms with Gasteiger partial charge in [0.2, 0.25) is 0 Å². The number of benzene rings is 2. The summed E-state index contributed by atoms with van der Waals surface area (Å²) < 4.78 is 92.4. The normalized spacial score (nSPS) is 18.8. The SMILES string of the molecule is CN(C(=O)N[C@H]1CCN(C(=O)O)CC1c1ccc(F)cc1)c1cc(C(F)(F)F)cc(C(F)(F)F)c1. The number of anilines is 1. The Hall–Kier alpha value is -3.51. The molecule has 2 N–H and O–H groups in total. The van der Waals surface area contributed by atoms with E-state index < -0.39 is 59.1 Å². The molecular formula is C22H20F7N3O3. The molecule has 190 valence electrons. The highest BCUT2D eigenvalue weighted by atomic mass is 19.4. The number of piperidine rings is 1. The molecule has 1 heterocycles. The van der Waals surface area contributed by atoms with E-state index in [2.05, 4.69) is 5.32 Å². The van der Waals surface area contributed by atoms with Crippen molar-refractivity contribution < 1.29 is 45.4 Å². The maximum absolute atomic E-state index is 13.4. The number of likely N-dealkylation sites (tertiary alicyclic amines) is 1. The molecule has 0 aromatic heterocycles. The summed E-state index contributed by atoms with van der Waals surface area (Å²) in [5.41, 5.74) is -3.27. The summed E-state index contributed by atoms with van der Waals surface area (Å²) in [6, 6.07) is 4.24. The van der Waals surface area contributed by atoms with Crippen LogP contribution in [-0.4, -0.2) is 48.3 Å². The van der Waals surface area contributed by atoms with Crippen LogP contribution in [0.4, 0.5) is 46.0 Å². The minimum atomic E-state index is -5.08. The van der Waals surface area contributed by atoms with E-state index in [-0.39, 0.29) is 25.6 Å². The van der Waals surface area contributed by atoms with Crippen molar-refractivity contribution in [3.8, 4) is 0 Å². The van der Waals surface area contributed by atoms with Gasteiger partial charge < -0.3 is 15.3 Å². The van der Waals surface area contributed by atoms with Crippen molar-refractivity contribution in [1.29, 1.82) is 0 Å². The Morgan fingerprint density at radius 3 is 2.03 bits per heavy atom. The molecule has 13 heteroatoms. The predicted molar refractivity (Wildman–Crippen MR) is 111 cm³/mol. The molecule has 3 rings (SSSR count). The van der Waals surface area contributed by atoms with E-state index in [0.717, 1.165) is 24.1 Å². The molecule has 1 aliphatic heterocycles. The number of carbonyl (C=O) groups is 2. The first-order valence-electron chi connectivity index (χ1n) is 10.2. The van der Waals surface area contributed by atoms with Crippen LogP contribution in [-0.2, 0) is 12.4 Å². The number of nitrogens with one attached hydrogen (secondary N) is 1. The maximum atomic E-state index is 13.4. The first-order chi connectivity index (χ1) is 16.2. The van der Waals surface area contributed by atoms with Gasteiger partial charge in [0, 0.05) is 37.8 Å². The Labute approximate surface area is 194 Å². The highest BCUT2D eigenvalue weighted by Gasteiger charge is 2.38. The Morgan fingerprint density at radius 1 is 1.00 bits per heavy atom. The Kier molecular flexibility index (Phi) is 7.18. The van der Waals surface area contributed by atoms with Gasteiger partial charge in [-0.2, -0.15) is 26.3 Å². The average molecular weight is 507 g/mol. The highest BCUT2D eigenvalue weighted by Crippen LogP contribution is 2.38. The molecule has 1 unspecified atom stereocenters. The fourth-order valence-electron chi connectivity index (χ4n) is 3.85. The lowest BCUT2D eigenvalue weighted by atomic mass is 9.86. The number of alkyl halides is 6. The Balaban J connectivity index is 1.88. The van der Waals surface area contributed by atoms with Gasteiger partial charge in [0.15, 0.2) is 0 Å². The van der Waals surface area contributed by atoms with Crippen LogP contribution in [0, 0.1) is 5.82 Å². The summed E-state index contributed by atoms with van der Waals surface area (Å²) in [6.07, 6.45) is -11.2. The number of hydrogen-bond donors (Lipinski definition) is 2. The summed E-state index contributed by atoms with van der Waals surface area (Å²) in [5.74, 6) is -1.17. The van der Waals surface area contributed by atoms with E-state index >= 15 is 0 Å². The van der Waals surface area contributed by atoms with Crippen molar-refractivity contribution in [3.63, 3.8) is 0 Å². The summed E-state index contributed by atoms with van der Waals surface area (Å²) >= 11 is 0. The van der Waals surface area contributed by atoms with Gasteiger partial charge in [0.1, 0.15) is 5.82 Å². The first kappa shape index (κ1) is 26.1. The van der Waals surface area contributed by atoms with E-state index in [1.54, 1.807) is 0 Å². The number of nitrogens with zero attached hydrogens (tertiary/aromatic N) is 2. The van der Waals surface area contributed by atoms with Gasteiger partial charge in [-0.25, -0.2) is 14.0 Å². The van der Waals surface area contributed by atoms with Gasteiger partial charge in [-0.15, -0.1) is 0 Å². The van der Waals surface area contributed by atoms with Crippen LogP contribution in [0.3, 0.4) is 0 Å². The third kappa shape index (κ3) is 6.14. The van der Waals surface area contributed by atoms with Crippen molar-refractivity contribution in [1.82, 2.24) is 10.2 Å². The summed E-state index contributed by atoms with van der Waals surface area (Å²) in [6.45, 7) is -0.0269. The van der Waals surface area contributed by atoms with Gasteiger partial charge in [0.25, 0.3) is 0 Å². The summed E-state index contributed by atoms with van der Waals surface area (Å²) in [4.78, 5) is 26.0. The van der Waals surface area contributed by atoms with Crippen LogP contribution in [0.1, 0.15) is 29.0 Å². The zero-order valence-corrected chi connectivity index (χ0v) is 18.1. The Bertz CT molecular complexity index is 1050. The quantitative estimate of drug-likeness (QED) is 0.536. The second-order valence-electron chi connectivity index (χ2n) is 8.05. The molecule has 2 aromatic carbocycles. The first-order valence-corrected chi connectivity index (χ1v) is 10.2. The van der Waals surface area contributed by atoms with Gasteiger partial charge in [0.05, 0.1) is 11.1 Å². The van der Waals surface area contributed by atoms with Gasteiger partial charge in [-0.05, 0) is 42.3 Å². The number of rotatable bonds is 3. The number of urea groups is 1. The minimum absolute atomic E-state index is 0.0312. The zero-order chi connectivity index (χ0) is 26.1. The monoisotopic (exact) mass is 507 g/mol. The molecule has 0 spiro atoms. The van der Waals surface area contributed by atoms with Gasteiger partial charge in [-0.3, -0.25) is 4.90 Å². The number of amides is 3. The van der Waals surface area contributed by atoms with E-state index in [0.29, 0.717) is 22.6 Å². The second kappa shape index (κ2) is 9.62. The molecule has 2 aromatic rings. The molecule has 1 fully saturated rings. The molecule has 2 atom stereocenters. The van der Waals surface area contributed by atoms with Crippen molar-refractivity contribution in [2.45, 2.75) is 30.7 Å². The largest absolute Gasteiger partial charge is 0.465 e. The number of halogens is 7. The van der Waals surface area contributed by atoms with Crippen molar-refractivity contribution in [2.75, 3.05) is 25.0 Å². The van der Waals surface area contributed by atoms with Crippen LogP contribution in [0.15, 0.2) is 42.5 Å². The molecule has 0 radical (unpaired) electrons. The fraction of sp³-hybridized carbons (Fsp3) is 0.364. The minimum Gasteiger partial charge on any atom is -0.465 e. The summed E-state index contributed by atoms with van der Waals surface area (Å²) in [7, 11) is 1.02. The van der Waals surface area contributed by atoms with E-state index in [1.807, 2.05) is 0 Å². The van der Waals surface area contributed by atoms with Crippen LogP contribution in [0.5, 0.6) is 0 Å². The van der Waals surface area contributed by atoms with Crippen molar-refractivity contribution in [3.05, 3.63) is 65.0 Å². The van der Waals surface area contributed by atoms with E-state index in [9.17, 15) is 45.4 Å². The maximum Gasteiger partial charge on any atom is 0.416 e. The third-order valence-corrected chi connectivity index (χ3v) is 5.75. The van der Waals surface area contributed by atoms with Crippen molar-refractivity contribution >= 4 is 17.8 Å². The zero-order valence-electron chi connectivity index (χ0n) is 18.1. The molecule has 0 bridgehead atoms. The average Bonchev–Trinajstić information content (AvgIpc) is 2.77. The van der Waals surface area contributed by atoms with Crippen LogP contribution in [0.25, 0.3) is 0 Å². The molecule has 3 amide bonds. The van der Waals surface area contributed by atoms with Crippen LogP contribution < -0.4 is 10.2 Å². The lowest BCUT2D eigenvalue weighted by molar-refractivity contribution is -0.143. The molecular weight excluding hydrogens is 487 g/mol. The topological polar surface area (TPSA) is 72.9 Å². The van der Waals surface area contributed by atoms with Crippen molar-refractivity contribution in [2.24, 2.45) is 0 Å². The lowest BCUT2D eigenvalue weighted by Crippen LogP contribution is -2.53. The third-order valence-electron chi connectivity index (χ3n) is 5.75. The standard InChI is InChI=1S/C22H20F7N3O3/c1-31(16-9-13(21(24,25)26)8-14(10-16)22(27,28)29)19(33)30-18-6-7-32(20(34)35)11-17(18)12-2-4-15(23)5-3-12/h2-5,8-10,17-18H,6-7,11H2,1H3,(H,30,33)(H,34,35)/t17?,18-/m0/s1. The van der Waals surface area contributed by atoms with Gasteiger partial charge >= 0.3 is 24.5 Å². The van der Waals surface area contributed by atoms with Crippen LogP contribution in [0.2, 0.25) is 0 Å². The number of carbonyl (C=O) groups excluding carboxylic acids is 1. The molecule has 0 saturated carbocycles.